The number of nitrogens with zero attached hydrogens (tertiary/aromatic N) is 1. The van der Waals surface area contributed by atoms with E-state index >= 15 is 0 Å². The van der Waals surface area contributed by atoms with E-state index in [2.05, 4.69) is 5.32 Å². The van der Waals surface area contributed by atoms with Crippen LogP contribution in [0.4, 0.5) is 8.78 Å². The molecule has 0 unspecified atom stereocenters. The molecule has 0 saturated carbocycles. The SMILES string of the molecule is N#CCC(=O)NCCc1cc(F)ccc1F. The number of hydrogen-bond donors (Lipinski definition) is 1. The molecule has 0 aliphatic carbocycles. The van der Waals surface area contributed by atoms with E-state index in [9.17, 15) is 13.6 Å². The molecule has 1 aromatic rings. The van der Waals surface area contributed by atoms with E-state index in [1.165, 1.54) is 0 Å². The van der Waals surface area contributed by atoms with Crippen LogP contribution in [0.25, 0.3) is 0 Å². The maximum Gasteiger partial charge on any atom is 0.234 e. The number of hydrogen-bond acceptors (Lipinski definition) is 2. The van der Waals surface area contributed by atoms with Gasteiger partial charge in [0, 0.05) is 6.54 Å². The van der Waals surface area contributed by atoms with Gasteiger partial charge in [-0.25, -0.2) is 8.78 Å². The summed E-state index contributed by atoms with van der Waals surface area (Å²) in [6, 6.07) is 4.86. The van der Waals surface area contributed by atoms with Crippen molar-refractivity contribution in [2.24, 2.45) is 0 Å². The van der Waals surface area contributed by atoms with Gasteiger partial charge in [-0.1, -0.05) is 0 Å². The van der Waals surface area contributed by atoms with Crippen molar-refractivity contribution in [3.8, 4) is 6.07 Å². The lowest BCUT2D eigenvalue weighted by Gasteiger charge is -2.04. The molecule has 0 heterocycles. The van der Waals surface area contributed by atoms with Crippen molar-refractivity contribution in [3.63, 3.8) is 0 Å². The van der Waals surface area contributed by atoms with E-state index in [0.29, 0.717) is 0 Å². The highest BCUT2D eigenvalue weighted by Crippen LogP contribution is 2.09. The van der Waals surface area contributed by atoms with Crippen molar-refractivity contribution in [2.75, 3.05) is 6.54 Å². The van der Waals surface area contributed by atoms with Crippen LogP contribution in [-0.4, -0.2) is 12.5 Å². The molecule has 5 heteroatoms. The molecule has 1 N–H and O–H groups in total. The number of carbonyl (C=O) groups is 1. The maximum atomic E-state index is 13.1. The fourth-order valence-electron chi connectivity index (χ4n) is 1.21. The Morgan fingerprint density at radius 2 is 2.19 bits per heavy atom. The lowest BCUT2D eigenvalue weighted by molar-refractivity contribution is -0.120. The first kappa shape index (κ1) is 12.1. The van der Waals surface area contributed by atoms with Crippen molar-refractivity contribution in [3.05, 3.63) is 35.4 Å². The number of nitriles is 1. The molecule has 0 radical (unpaired) electrons. The van der Waals surface area contributed by atoms with Crippen LogP contribution in [0.5, 0.6) is 0 Å². The summed E-state index contributed by atoms with van der Waals surface area (Å²) in [6.07, 6.45) is -0.0353. The first-order valence-electron chi connectivity index (χ1n) is 4.71. The van der Waals surface area contributed by atoms with Gasteiger partial charge < -0.3 is 5.32 Å². The maximum absolute atomic E-state index is 13.1. The second-order valence-corrected chi connectivity index (χ2v) is 3.17. The third kappa shape index (κ3) is 3.65. The normalized spacial score (nSPS) is 9.56. The fraction of sp³-hybridized carbons (Fsp3) is 0.273. The molecule has 84 valence electrons. The Morgan fingerprint density at radius 3 is 2.88 bits per heavy atom. The predicted octanol–water partition coefficient (Wildman–Crippen LogP) is 1.54. The molecule has 0 aliphatic rings. The average Bonchev–Trinajstić information content (AvgIpc) is 2.23. The molecule has 3 nitrogen and oxygen atoms in total. The summed E-state index contributed by atoms with van der Waals surface area (Å²) >= 11 is 0. The second-order valence-electron chi connectivity index (χ2n) is 3.17. The molecule has 0 saturated heterocycles. The van der Waals surface area contributed by atoms with Gasteiger partial charge in [-0.15, -0.1) is 0 Å². The van der Waals surface area contributed by atoms with Gasteiger partial charge in [-0.2, -0.15) is 5.26 Å². The molecule has 0 bridgehead atoms. The molecule has 1 rings (SSSR count). The summed E-state index contributed by atoms with van der Waals surface area (Å²) in [6.45, 7) is 0.181. The monoisotopic (exact) mass is 224 g/mol. The Labute approximate surface area is 91.7 Å². The summed E-state index contributed by atoms with van der Waals surface area (Å²) in [5.41, 5.74) is 0.206. The zero-order valence-electron chi connectivity index (χ0n) is 8.46. The van der Waals surface area contributed by atoms with Crippen molar-refractivity contribution >= 4 is 5.91 Å². The highest BCUT2D eigenvalue weighted by Gasteiger charge is 2.04. The zero-order valence-corrected chi connectivity index (χ0v) is 8.46. The third-order valence-electron chi connectivity index (χ3n) is 1.96. The number of benzene rings is 1. The Hall–Kier alpha value is -1.96. The molecule has 16 heavy (non-hydrogen) atoms. The molecule has 0 fully saturated rings. The molecule has 1 aromatic carbocycles. The smallest absolute Gasteiger partial charge is 0.234 e. The molecule has 0 atom stereocenters. The number of halogens is 2. The van der Waals surface area contributed by atoms with Crippen LogP contribution in [0.1, 0.15) is 12.0 Å². The van der Waals surface area contributed by atoms with Gasteiger partial charge >= 0.3 is 0 Å². The van der Waals surface area contributed by atoms with Gasteiger partial charge in [0.05, 0.1) is 6.07 Å². The van der Waals surface area contributed by atoms with E-state index in [1.54, 1.807) is 6.07 Å². The standard InChI is InChI=1S/C11H10F2N2O/c12-9-1-2-10(13)8(7-9)4-6-15-11(16)3-5-14/h1-2,7H,3-4,6H2,(H,15,16). The minimum Gasteiger partial charge on any atom is -0.355 e. The summed E-state index contributed by atoms with van der Waals surface area (Å²) < 4.78 is 25.9. The Kier molecular flexibility index (Phi) is 4.40. The number of carbonyl (C=O) groups excluding carboxylic acids is 1. The first-order chi connectivity index (χ1) is 7.63. The van der Waals surface area contributed by atoms with Crippen LogP contribution < -0.4 is 5.32 Å². The molecule has 0 spiro atoms. The zero-order chi connectivity index (χ0) is 12.0. The molecule has 0 aromatic heterocycles. The molecule has 0 aliphatic heterocycles. The van der Waals surface area contributed by atoms with E-state index in [1.807, 2.05) is 0 Å². The van der Waals surface area contributed by atoms with Gasteiger partial charge in [-0.05, 0) is 30.2 Å². The fourth-order valence-corrected chi connectivity index (χ4v) is 1.21. The van der Waals surface area contributed by atoms with Crippen LogP contribution in [0, 0.1) is 23.0 Å². The van der Waals surface area contributed by atoms with E-state index in [-0.39, 0.29) is 24.9 Å². The Balaban J connectivity index is 2.46. The second kappa shape index (κ2) is 5.81. The predicted molar refractivity (Wildman–Crippen MR) is 53.3 cm³/mol. The van der Waals surface area contributed by atoms with Crippen LogP contribution in [0.15, 0.2) is 18.2 Å². The lowest BCUT2D eigenvalue weighted by Crippen LogP contribution is -2.25. The number of nitrogens with one attached hydrogen (secondary N) is 1. The van der Waals surface area contributed by atoms with E-state index in [0.717, 1.165) is 18.2 Å². The first-order valence-corrected chi connectivity index (χ1v) is 4.71. The lowest BCUT2D eigenvalue weighted by atomic mass is 10.1. The van der Waals surface area contributed by atoms with Crippen molar-refractivity contribution in [1.82, 2.24) is 5.32 Å². The molecular weight excluding hydrogens is 214 g/mol. The Bertz CT molecular complexity index is 426. The van der Waals surface area contributed by atoms with Crippen LogP contribution in [0.2, 0.25) is 0 Å². The quantitative estimate of drug-likeness (QED) is 0.843. The average molecular weight is 224 g/mol. The van der Waals surface area contributed by atoms with Gasteiger partial charge in [-0.3, -0.25) is 4.79 Å². The van der Waals surface area contributed by atoms with Gasteiger partial charge in [0.2, 0.25) is 5.91 Å². The van der Waals surface area contributed by atoms with Crippen LogP contribution >= 0.6 is 0 Å². The van der Waals surface area contributed by atoms with Crippen molar-refractivity contribution in [2.45, 2.75) is 12.8 Å². The molecular formula is C11H10F2N2O. The summed E-state index contributed by atoms with van der Waals surface area (Å²) in [4.78, 5) is 10.9. The summed E-state index contributed by atoms with van der Waals surface area (Å²) in [5, 5.41) is 10.6. The highest BCUT2D eigenvalue weighted by atomic mass is 19.1. The summed E-state index contributed by atoms with van der Waals surface area (Å²) in [7, 11) is 0. The minimum absolute atomic E-state index is 0.181. The minimum atomic E-state index is -0.514. The van der Waals surface area contributed by atoms with Crippen molar-refractivity contribution in [1.29, 1.82) is 5.26 Å². The van der Waals surface area contributed by atoms with Gasteiger partial charge in [0.15, 0.2) is 0 Å². The number of amides is 1. The van der Waals surface area contributed by atoms with Gasteiger partial charge in [0.25, 0.3) is 0 Å². The number of rotatable bonds is 4. The van der Waals surface area contributed by atoms with Crippen LogP contribution in [-0.2, 0) is 11.2 Å². The topological polar surface area (TPSA) is 52.9 Å². The third-order valence-corrected chi connectivity index (χ3v) is 1.96. The highest BCUT2D eigenvalue weighted by molar-refractivity contribution is 5.77. The molecule has 1 amide bonds. The Morgan fingerprint density at radius 1 is 1.44 bits per heavy atom. The van der Waals surface area contributed by atoms with E-state index in [4.69, 9.17) is 5.26 Å². The largest absolute Gasteiger partial charge is 0.355 e. The van der Waals surface area contributed by atoms with Crippen LogP contribution in [0.3, 0.4) is 0 Å². The van der Waals surface area contributed by atoms with E-state index < -0.39 is 17.5 Å². The van der Waals surface area contributed by atoms with Gasteiger partial charge in [0.1, 0.15) is 18.1 Å². The summed E-state index contributed by atoms with van der Waals surface area (Å²) in [5.74, 6) is -1.44. The van der Waals surface area contributed by atoms with Crippen molar-refractivity contribution < 1.29 is 13.6 Å².